The van der Waals surface area contributed by atoms with Crippen molar-refractivity contribution in [2.45, 2.75) is 39.0 Å². The zero-order chi connectivity index (χ0) is 15.9. The number of aryl methyl sites for hydroxylation is 1. The minimum Gasteiger partial charge on any atom is -0.490 e. The maximum atomic E-state index is 14.4. The summed E-state index contributed by atoms with van der Waals surface area (Å²) < 4.78 is 24.9. The van der Waals surface area contributed by atoms with Crippen LogP contribution < -0.4 is 10.4 Å². The third-order valence-corrected chi connectivity index (χ3v) is 3.49. The molecule has 4 heteroatoms. The summed E-state index contributed by atoms with van der Waals surface area (Å²) in [5.41, 5.74) is -0.643. The van der Waals surface area contributed by atoms with Crippen LogP contribution in [0.4, 0.5) is 4.39 Å². The van der Waals surface area contributed by atoms with E-state index in [0.717, 1.165) is 19.3 Å². The maximum Gasteiger partial charge on any atom is 0.346 e. The first-order valence-corrected chi connectivity index (χ1v) is 7.66. The molecule has 1 aromatic heterocycles. The molecule has 1 aromatic carbocycles. The van der Waals surface area contributed by atoms with Crippen LogP contribution >= 0.6 is 0 Å². The molecule has 22 heavy (non-hydrogen) atoms. The molecule has 2 aromatic rings. The number of ether oxygens (including phenoxy) is 1. The Morgan fingerprint density at radius 2 is 2.18 bits per heavy atom. The Kier molecular flexibility index (Phi) is 5.75. The van der Waals surface area contributed by atoms with E-state index >= 15 is 0 Å². The molecule has 0 radical (unpaired) electrons. The van der Waals surface area contributed by atoms with Crippen molar-refractivity contribution < 1.29 is 13.5 Å². The highest BCUT2D eigenvalue weighted by Crippen LogP contribution is 2.25. The van der Waals surface area contributed by atoms with Gasteiger partial charge in [0, 0.05) is 6.42 Å². The van der Waals surface area contributed by atoms with Gasteiger partial charge in [-0.15, -0.1) is 6.58 Å². The molecule has 0 N–H and O–H groups in total. The van der Waals surface area contributed by atoms with Gasteiger partial charge in [-0.3, -0.25) is 0 Å². The van der Waals surface area contributed by atoms with Crippen LogP contribution in [0.15, 0.2) is 40.1 Å². The first kappa shape index (κ1) is 16.3. The van der Waals surface area contributed by atoms with Gasteiger partial charge in [0.1, 0.15) is 11.1 Å². The Hall–Kier alpha value is -2.10. The van der Waals surface area contributed by atoms with E-state index < -0.39 is 11.4 Å². The molecule has 3 nitrogen and oxygen atoms in total. The average molecular weight is 304 g/mol. The molecule has 2 rings (SSSR count). The molecular formula is C18H21FO3. The van der Waals surface area contributed by atoms with Gasteiger partial charge in [0.05, 0.1) is 6.61 Å². The third-order valence-electron chi connectivity index (χ3n) is 3.49. The van der Waals surface area contributed by atoms with E-state index in [1.807, 2.05) is 0 Å². The summed E-state index contributed by atoms with van der Waals surface area (Å²) in [7, 11) is 0. The third kappa shape index (κ3) is 3.75. The number of rotatable bonds is 8. The quantitative estimate of drug-likeness (QED) is 0.527. The monoisotopic (exact) mass is 304 g/mol. The molecule has 118 valence electrons. The van der Waals surface area contributed by atoms with Crippen LogP contribution in [0.3, 0.4) is 0 Å². The molecule has 0 atom stereocenters. The zero-order valence-electron chi connectivity index (χ0n) is 12.9. The van der Waals surface area contributed by atoms with Crippen molar-refractivity contribution in [1.29, 1.82) is 0 Å². The zero-order valence-corrected chi connectivity index (χ0v) is 12.9. The fourth-order valence-electron chi connectivity index (χ4n) is 2.31. The molecular weight excluding hydrogens is 283 g/mol. The minimum absolute atomic E-state index is 0.0460. The van der Waals surface area contributed by atoms with Crippen LogP contribution in [0.25, 0.3) is 10.8 Å². The van der Waals surface area contributed by atoms with Gasteiger partial charge in [-0.25, -0.2) is 9.18 Å². The van der Waals surface area contributed by atoms with E-state index in [-0.39, 0.29) is 11.1 Å². The molecule has 0 aliphatic carbocycles. The summed E-state index contributed by atoms with van der Waals surface area (Å²) in [5.74, 6) is 0.0153. The number of unbranched alkanes of at least 4 members (excludes halogenated alkanes) is 2. The lowest BCUT2D eigenvalue weighted by atomic mass is 10.1. The van der Waals surface area contributed by atoms with Gasteiger partial charge >= 0.3 is 5.63 Å². The molecule has 0 bridgehead atoms. The lowest BCUT2D eigenvalue weighted by molar-refractivity contribution is 0.309. The molecule has 0 saturated carbocycles. The van der Waals surface area contributed by atoms with Crippen LogP contribution in [-0.2, 0) is 6.42 Å². The Bertz CT molecular complexity index is 703. The topological polar surface area (TPSA) is 39.4 Å². The summed E-state index contributed by atoms with van der Waals surface area (Å²) in [4.78, 5) is 12.1. The second-order valence-electron chi connectivity index (χ2n) is 5.22. The molecule has 0 aliphatic rings. The summed E-state index contributed by atoms with van der Waals surface area (Å²) in [6.07, 6.45) is 6.12. The second kappa shape index (κ2) is 7.78. The van der Waals surface area contributed by atoms with Crippen LogP contribution in [0.1, 0.15) is 38.4 Å². The van der Waals surface area contributed by atoms with Gasteiger partial charge in [0.25, 0.3) is 0 Å². The molecule has 0 spiro atoms. The first-order valence-electron chi connectivity index (χ1n) is 7.66. The van der Waals surface area contributed by atoms with E-state index in [1.165, 1.54) is 0 Å². The fraction of sp³-hybridized carbons (Fsp3) is 0.389. The standard InChI is InChI=1S/C18H21FO3/c1-3-5-7-8-14-12-13-9-10-15(21-11-6-4-2)17(19)16(13)18(20)22-14/h4,9-10,12H,2-3,5-8,11H2,1H3. The fourth-order valence-corrected chi connectivity index (χ4v) is 2.31. The van der Waals surface area contributed by atoms with Crippen LogP contribution in [0.2, 0.25) is 0 Å². The normalized spacial score (nSPS) is 10.8. The van der Waals surface area contributed by atoms with Crippen molar-refractivity contribution in [1.82, 2.24) is 0 Å². The SMILES string of the molecule is C=CCCOc1ccc2cc(CCCCC)oc(=O)c2c1F. The summed E-state index contributed by atoms with van der Waals surface area (Å²) in [6, 6.07) is 4.99. The molecule has 0 unspecified atom stereocenters. The smallest absolute Gasteiger partial charge is 0.346 e. The number of benzene rings is 1. The van der Waals surface area contributed by atoms with Crippen molar-refractivity contribution >= 4 is 10.8 Å². The highest BCUT2D eigenvalue weighted by atomic mass is 19.1. The minimum atomic E-state index is -0.657. The predicted octanol–water partition coefficient (Wildman–Crippen LogP) is 4.62. The molecule has 0 saturated heterocycles. The largest absolute Gasteiger partial charge is 0.490 e. The molecule has 1 heterocycles. The highest BCUT2D eigenvalue weighted by molar-refractivity contribution is 5.83. The van der Waals surface area contributed by atoms with Gasteiger partial charge in [-0.05, 0) is 30.4 Å². The van der Waals surface area contributed by atoms with Crippen molar-refractivity contribution in [3.05, 3.63) is 52.9 Å². The van der Waals surface area contributed by atoms with Gasteiger partial charge < -0.3 is 9.15 Å². The van der Waals surface area contributed by atoms with Crippen molar-refractivity contribution in [2.24, 2.45) is 0 Å². The van der Waals surface area contributed by atoms with E-state index in [9.17, 15) is 9.18 Å². The van der Waals surface area contributed by atoms with E-state index in [0.29, 0.717) is 30.6 Å². The van der Waals surface area contributed by atoms with Crippen molar-refractivity contribution in [2.75, 3.05) is 6.61 Å². The molecule has 0 fully saturated rings. The first-order chi connectivity index (χ1) is 10.7. The number of halogens is 1. The van der Waals surface area contributed by atoms with Crippen LogP contribution in [0, 0.1) is 5.82 Å². The van der Waals surface area contributed by atoms with Crippen molar-refractivity contribution in [3.63, 3.8) is 0 Å². The average Bonchev–Trinajstić information content (AvgIpc) is 2.49. The van der Waals surface area contributed by atoms with Gasteiger partial charge in [0.15, 0.2) is 11.6 Å². The van der Waals surface area contributed by atoms with Crippen molar-refractivity contribution in [3.8, 4) is 5.75 Å². The molecule has 0 amide bonds. The number of fused-ring (bicyclic) bond motifs is 1. The van der Waals surface area contributed by atoms with E-state index in [2.05, 4.69) is 13.5 Å². The molecule has 0 aliphatic heterocycles. The number of hydrogen-bond acceptors (Lipinski definition) is 3. The van der Waals surface area contributed by atoms with Gasteiger partial charge in [-0.1, -0.05) is 31.9 Å². The Morgan fingerprint density at radius 1 is 1.36 bits per heavy atom. The number of hydrogen-bond donors (Lipinski definition) is 0. The Morgan fingerprint density at radius 3 is 2.91 bits per heavy atom. The Balaban J connectivity index is 2.31. The van der Waals surface area contributed by atoms with Crippen LogP contribution in [-0.4, -0.2) is 6.61 Å². The summed E-state index contributed by atoms with van der Waals surface area (Å²) in [6.45, 7) is 6.02. The lowest BCUT2D eigenvalue weighted by Crippen LogP contribution is -2.07. The lowest BCUT2D eigenvalue weighted by Gasteiger charge is -2.08. The summed E-state index contributed by atoms with van der Waals surface area (Å²) in [5, 5.41) is 0.506. The maximum absolute atomic E-state index is 14.4. The Labute approximate surface area is 129 Å². The second-order valence-corrected chi connectivity index (χ2v) is 5.22. The van der Waals surface area contributed by atoms with Gasteiger partial charge in [-0.2, -0.15) is 0 Å². The van der Waals surface area contributed by atoms with Crippen LogP contribution in [0.5, 0.6) is 5.75 Å². The van der Waals surface area contributed by atoms with E-state index in [1.54, 1.807) is 24.3 Å². The summed E-state index contributed by atoms with van der Waals surface area (Å²) >= 11 is 0. The predicted molar refractivity (Wildman–Crippen MR) is 86.0 cm³/mol. The van der Waals surface area contributed by atoms with Gasteiger partial charge in [0.2, 0.25) is 0 Å². The highest BCUT2D eigenvalue weighted by Gasteiger charge is 2.14. The van der Waals surface area contributed by atoms with E-state index in [4.69, 9.17) is 9.15 Å².